The zero-order chi connectivity index (χ0) is 22.8. The smallest absolute Gasteiger partial charge is 0.246 e. The second kappa shape index (κ2) is 9.51. The molecule has 0 saturated heterocycles. The van der Waals surface area contributed by atoms with Crippen LogP contribution in [0.2, 0.25) is 0 Å². The molecular formula is C26H31N5OS. The van der Waals surface area contributed by atoms with Crippen LogP contribution in [0.15, 0.2) is 43.3 Å². The summed E-state index contributed by atoms with van der Waals surface area (Å²) in [5.74, 6) is 1.55. The fourth-order valence-corrected chi connectivity index (χ4v) is 5.71. The Labute approximate surface area is 199 Å². The highest BCUT2D eigenvalue weighted by atomic mass is 32.1. The summed E-state index contributed by atoms with van der Waals surface area (Å²) in [5.41, 5.74) is 3.42. The minimum absolute atomic E-state index is 0.0170. The lowest BCUT2D eigenvalue weighted by atomic mass is 9.89. The average molecular weight is 462 g/mol. The molecule has 7 heteroatoms. The molecule has 0 radical (unpaired) electrons. The summed E-state index contributed by atoms with van der Waals surface area (Å²) in [4.78, 5) is 24.5. The summed E-state index contributed by atoms with van der Waals surface area (Å²) < 4.78 is 2.41. The molecule has 1 amide bonds. The van der Waals surface area contributed by atoms with E-state index in [9.17, 15) is 4.79 Å². The van der Waals surface area contributed by atoms with E-state index in [1.807, 2.05) is 11.1 Å². The standard InChI is InChI=1S/C26H31N5OS/c1-3-24(32)30-12-9-20(10-13-30)25-21-11-14-31(17-19-7-5-4-6-8-19)22(21)15-23(28-25)29-26-27-16-18(2)33-26/h3,9,11,14-16,19H,1,4-8,10,12-13,17H2,2H3,(H,27,28,29). The Bertz CT molecular complexity index is 1200. The van der Waals surface area contributed by atoms with E-state index in [1.54, 1.807) is 11.3 Å². The van der Waals surface area contributed by atoms with Gasteiger partial charge in [0.25, 0.3) is 0 Å². The minimum Gasteiger partial charge on any atom is -0.347 e. The van der Waals surface area contributed by atoms with Crippen molar-refractivity contribution in [2.75, 3.05) is 18.4 Å². The maximum absolute atomic E-state index is 12.0. The molecule has 4 heterocycles. The van der Waals surface area contributed by atoms with Crippen molar-refractivity contribution in [3.8, 4) is 0 Å². The van der Waals surface area contributed by atoms with E-state index in [4.69, 9.17) is 4.98 Å². The summed E-state index contributed by atoms with van der Waals surface area (Å²) in [7, 11) is 0. The van der Waals surface area contributed by atoms with Gasteiger partial charge in [0, 0.05) is 48.4 Å². The van der Waals surface area contributed by atoms with Gasteiger partial charge in [-0.2, -0.15) is 0 Å². The quantitative estimate of drug-likeness (QED) is 0.462. The monoisotopic (exact) mass is 461 g/mol. The number of nitrogens with zero attached hydrogens (tertiary/aromatic N) is 4. The van der Waals surface area contributed by atoms with Crippen molar-refractivity contribution in [1.82, 2.24) is 19.4 Å². The number of hydrogen-bond acceptors (Lipinski definition) is 5. The van der Waals surface area contributed by atoms with Gasteiger partial charge in [0.2, 0.25) is 5.91 Å². The van der Waals surface area contributed by atoms with Crippen LogP contribution in [-0.2, 0) is 11.3 Å². The van der Waals surface area contributed by atoms with Crippen LogP contribution in [0.25, 0.3) is 16.5 Å². The summed E-state index contributed by atoms with van der Waals surface area (Å²) in [6.45, 7) is 8.01. The number of anilines is 2. The van der Waals surface area contributed by atoms with Crippen molar-refractivity contribution in [2.45, 2.75) is 52.0 Å². The van der Waals surface area contributed by atoms with Crippen LogP contribution >= 0.6 is 11.3 Å². The van der Waals surface area contributed by atoms with Crippen LogP contribution < -0.4 is 5.32 Å². The average Bonchev–Trinajstić information content (AvgIpc) is 3.44. The van der Waals surface area contributed by atoms with E-state index in [0.717, 1.165) is 35.5 Å². The molecule has 3 aromatic rings. The number of aryl methyl sites for hydroxylation is 1. The highest BCUT2D eigenvalue weighted by molar-refractivity contribution is 7.15. The second-order valence-corrected chi connectivity index (χ2v) is 10.4. The number of carbonyl (C=O) groups excluding carboxylic acids is 1. The maximum Gasteiger partial charge on any atom is 0.246 e. The number of amides is 1. The molecule has 1 aliphatic carbocycles. The van der Waals surface area contributed by atoms with E-state index in [-0.39, 0.29) is 5.91 Å². The normalized spacial score (nSPS) is 17.2. The van der Waals surface area contributed by atoms with Gasteiger partial charge >= 0.3 is 0 Å². The highest BCUT2D eigenvalue weighted by Crippen LogP contribution is 2.33. The van der Waals surface area contributed by atoms with Crippen LogP contribution in [0.4, 0.5) is 10.9 Å². The molecule has 0 atom stereocenters. The lowest BCUT2D eigenvalue weighted by Crippen LogP contribution is -2.33. The van der Waals surface area contributed by atoms with E-state index < -0.39 is 0 Å². The molecule has 0 spiro atoms. The molecule has 3 aromatic heterocycles. The molecule has 6 nitrogen and oxygen atoms in total. The first-order valence-electron chi connectivity index (χ1n) is 11.9. The van der Waals surface area contributed by atoms with E-state index >= 15 is 0 Å². The number of nitrogens with one attached hydrogen (secondary N) is 1. The Hall–Kier alpha value is -2.93. The van der Waals surface area contributed by atoms with Crippen LogP contribution in [0.1, 0.15) is 49.1 Å². The van der Waals surface area contributed by atoms with E-state index in [2.05, 4.69) is 52.8 Å². The van der Waals surface area contributed by atoms with Gasteiger partial charge in [-0.1, -0.05) is 31.9 Å². The third-order valence-electron chi connectivity index (χ3n) is 6.80. The van der Waals surface area contributed by atoms with Crippen molar-refractivity contribution in [1.29, 1.82) is 0 Å². The molecule has 172 valence electrons. The van der Waals surface area contributed by atoms with Crippen LogP contribution in [0, 0.1) is 12.8 Å². The lowest BCUT2D eigenvalue weighted by Gasteiger charge is -2.26. The topological polar surface area (TPSA) is 63.1 Å². The van der Waals surface area contributed by atoms with E-state index in [1.165, 1.54) is 59.5 Å². The van der Waals surface area contributed by atoms with Crippen molar-refractivity contribution in [3.63, 3.8) is 0 Å². The van der Waals surface area contributed by atoms with Crippen molar-refractivity contribution < 1.29 is 4.79 Å². The molecule has 5 rings (SSSR count). The van der Waals surface area contributed by atoms with Gasteiger partial charge < -0.3 is 14.8 Å². The number of fused-ring (bicyclic) bond motifs is 1. The zero-order valence-corrected chi connectivity index (χ0v) is 20.0. The number of rotatable bonds is 6. The Morgan fingerprint density at radius 1 is 1.33 bits per heavy atom. The van der Waals surface area contributed by atoms with Crippen molar-refractivity contribution in [2.24, 2.45) is 5.92 Å². The van der Waals surface area contributed by atoms with Crippen LogP contribution in [0.3, 0.4) is 0 Å². The lowest BCUT2D eigenvalue weighted by molar-refractivity contribution is -0.125. The highest BCUT2D eigenvalue weighted by Gasteiger charge is 2.21. The predicted octanol–water partition coefficient (Wildman–Crippen LogP) is 5.93. The van der Waals surface area contributed by atoms with Gasteiger partial charge in [0.1, 0.15) is 5.82 Å². The van der Waals surface area contributed by atoms with Gasteiger partial charge in [-0.05, 0) is 49.8 Å². The number of thiazole rings is 1. The predicted molar refractivity (Wildman–Crippen MR) is 136 cm³/mol. The first-order valence-corrected chi connectivity index (χ1v) is 12.7. The number of aromatic nitrogens is 3. The molecule has 1 N–H and O–H groups in total. The van der Waals surface area contributed by atoms with Crippen LogP contribution in [0.5, 0.6) is 0 Å². The van der Waals surface area contributed by atoms with Gasteiger partial charge in [0.15, 0.2) is 5.13 Å². The number of hydrogen-bond donors (Lipinski definition) is 1. The molecule has 0 bridgehead atoms. The third-order valence-corrected chi connectivity index (χ3v) is 7.63. The first-order chi connectivity index (χ1) is 16.1. The number of pyridine rings is 1. The summed E-state index contributed by atoms with van der Waals surface area (Å²) in [5, 5.41) is 5.47. The Kier molecular flexibility index (Phi) is 6.31. The minimum atomic E-state index is -0.0170. The van der Waals surface area contributed by atoms with E-state index in [0.29, 0.717) is 13.1 Å². The van der Waals surface area contributed by atoms with Gasteiger partial charge in [0.05, 0.1) is 11.2 Å². The number of carbonyl (C=O) groups is 1. The summed E-state index contributed by atoms with van der Waals surface area (Å²) >= 11 is 1.63. The molecule has 0 unspecified atom stereocenters. The Balaban J connectivity index is 1.51. The fourth-order valence-electron chi connectivity index (χ4n) is 5.04. The molecular weight excluding hydrogens is 430 g/mol. The molecule has 1 aliphatic heterocycles. The Morgan fingerprint density at radius 3 is 2.88 bits per heavy atom. The first kappa shape index (κ1) is 21.9. The molecule has 1 saturated carbocycles. The summed E-state index contributed by atoms with van der Waals surface area (Å²) in [6, 6.07) is 4.37. The molecule has 2 aliphatic rings. The molecule has 0 aromatic carbocycles. The van der Waals surface area contributed by atoms with Gasteiger partial charge in [-0.15, -0.1) is 11.3 Å². The summed E-state index contributed by atoms with van der Waals surface area (Å²) in [6.07, 6.45) is 15.1. The van der Waals surface area contributed by atoms with Crippen LogP contribution in [-0.4, -0.2) is 38.4 Å². The SMILES string of the molecule is C=CC(=O)N1CC=C(c2nc(Nc3ncc(C)s3)cc3c2ccn3CC2CCCCC2)CC1. The zero-order valence-electron chi connectivity index (χ0n) is 19.2. The largest absolute Gasteiger partial charge is 0.347 e. The Morgan fingerprint density at radius 2 is 2.18 bits per heavy atom. The van der Waals surface area contributed by atoms with Crippen molar-refractivity contribution >= 4 is 44.7 Å². The van der Waals surface area contributed by atoms with Gasteiger partial charge in [-0.25, -0.2) is 9.97 Å². The third kappa shape index (κ3) is 4.74. The maximum atomic E-state index is 12.0. The fraction of sp³-hybridized carbons (Fsp3) is 0.423. The van der Waals surface area contributed by atoms with Crippen molar-refractivity contribution in [3.05, 3.63) is 53.8 Å². The second-order valence-electron chi connectivity index (χ2n) is 9.13. The molecule has 1 fully saturated rings. The van der Waals surface area contributed by atoms with Gasteiger partial charge in [-0.3, -0.25) is 4.79 Å². The molecule has 33 heavy (non-hydrogen) atoms.